The Morgan fingerprint density at radius 3 is 2.57 bits per heavy atom. The molecule has 0 aliphatic rings. The number of hydrogen-bond acceptors (Lipinski definition) is 4. The van der Waals surface area contributed by atoms with Gasteiger partial charge in [-0.05, 0) is 13.3 Å². The summed E-state index contributed by atoms with van der Waals surface area (Å²) >= 11 is 1.91. The predicted molar refractivity (Wildman–Crippen MR) is 92.7 cm³/mol. The molecular weight excluding hydrogens is 278 g/mol. The fourth-order valence-corrected chi connectivity index (χ4v) is 2.72. The Hall–Kier alpha value is -1.55. The van der Waals surface area contributed by atoms with Gasteiger partial charge in [0, 0.05) is 23.4 Å². The quantitative estimate of drug-likeness (QED) is 0.810. The molecule has 0 spiro atoms. The van der Waals surface area contributed by atoms with Crippen molar-refractivity contribution in [3.05, 3.63) is 42.2 Å². The van der Waals surface area contributed by atoms with Crippen LogP contribution in [0.3, 0.4) is 0 Å². The Balaban J connectivity index is 2.26. The van der Waals surface area contributed by atoms with Crippen molar-refractivity contribution in [1.82, 2.24) is 9.97 Å². The van der Waals surface area contributed by atoms with E-state index in [-0.39, 0.29) is 0 Å². The molecule has 1 unspecified atom stereocenters. The smallest absolute Gasteiger partial charge is 0.141 e. The summed E-state index contributed by atoms with van der Waals surface area (Å²) < 4.78 is 0. The molecule has 0 saturated heterocycles. The van der Waals surface area contributed by atoms with Gasteiger partial charge >= 0.3 is 0 Å². The maximum absolute atomic E-state index is 4.72. The standard InChI is InChI=1S/C17H23N3S/c1-4-13(3)21-12-17-19-15(11-16(20-17)18-5-2)14-9-7-6-8-10-14/h6-11,13H,4-5,12H2,1-3H3,(H,18,19,20). The van der Waals surface area contributed by atoms with E-state index in [1.807, 2.05) is 36.0 Å². The van der Waals surface area contributed by atoms with E-state index in [4.69, 9.17) is 4.98 Å². The summed E-state index contributed by atoms with van der Waals surface area (Å²) in [5.74, 6) is 2.66. The maximum atomic E-state index is 4.72. The van der Waals surface area contributed by atoms with Crippen molar-refractivity contribution in [3.8, 4) is 11.3 Å². The SMILES string of the molecule is CCNc1cc(-c2ccccc2)nc(CSC(C)CC)n1. The van der Waals surface area contributed by atoms with Crippen molar-refractivity contribution in [2.24, 2.45) is 0 Å². The minimum absolute atomic E-state index is 0.636. The molecule has 1 atom stereocenters. The van der Waals surface area contributed by atoms with Gasteiger partial charge in [0.25, 0.3) is 0 Å². The molecule has 0 aliphatic heterocycles. The number of nitrogens with one attached hydrogen (secondary N) is 1. The van der Waals surface area contributed by atoms with Crippen molar-refractivity contribution >= 4 is 17.6 Å². The Morgan fingerprint density at radius 1 is 1.14 bits per heavy atom. The van der Waals surface area contributed by atoms with Gasteiger partial charge < -0.3 is 5.32 Å². The molecule has 2 rings (SSSR count). The topological polar surface area (TPSA) is 37.8 Å². The summed E-state index contributed by atoms with van der Waals surface area (Å²) in [5, 5.41) is 3.94. The molecule has 0 bridgehead atoms. The summed E-state index contributed by atoms with van der Waals surface area (Å²) in [5.41, 5.74) is 2.12. The van der Waals surface area contributed by atoms with Gasteiger partial charge in [0.1, 0.15) is 11.6 Å². The third-order valence-corrected chi connectivity index (χ3v) is 4.60. The number of rotatable bonds is 7. The van der Waals surface area contributed by atoms with Crippen LogP contribution in [0.2, 0.25) is 0 Å². The minimum Gasteiger partial charge on any atom is -0.370 e. The lowest BCUT2D eigenvalue weighted by Gasteiger charge is -2.11. The van der Waals surface area contributed by atoms with E-state index < -0.39 is 0 Å². The highest BCUT2D eigenvalue weighted by atomic mass is 32.2. The third-order valence-electron chi connectivity index (χ3n) is 3.27. The predicted octanol–water partition coefficient (Wildman–Crippen LogP) is 4.61. The second-order valence-electron chi connectivity index (χ2n) is 4.98. The van der Waals surface area contributed by atoms with Crippen LogP contribution in [0.4, 0.5) is 5.82 Å². The highest BCUT2D eigenvalue weighted by molar-refractivity contribution is 7.99. The molecule has 2 aromatic rings. The molecule has 0 fully saturated rings. The van der Waals surface area contributed by atoms with Crippen LogP contribution in [0.5, 0.6) is 0 Å². The van der Waals surface area contributed by atoms with Gasteiger partial charge in [-0.2, -0.15) is 11.8 Å². The maximum Gasteiger partial charge on any atom is 0.141 e. The monoisotopic (exact) mass is 301 g/mol. The van der Waals surface area contributed by atoms with E-state index >= 15 is 0 Å². The van der Waals surface area contributed by atoms with Crippen LogP contribution in [0.25, 0.3) is 11.3 Å². The molecule has 1 N–H and O–H groups in total. The fraction of sp³-hybridized carbons (Fsp3) is 0.412. The summed E-state index contributed by atoms with van der Waals surface area (Å²) in [7, 11) is 0. The number of thioether (sulfide) groups is 1. The van der Waals surface area contributed by atoms with Crippen LogP contribution in [0.15, 0.2) is 36.4 Å². The number of nitrogens with zero attached hydrogens (tertiary/aromatic N) is 2. The number of hydrogen-bond donors (Lipinski definition) is 1. The number of benzene rings is 1. The molecule has 1 heterocycles. The van der Waals surface area contributed by atoms with Crippen LogP contribution >= 0.6 is 11.8 Å². The second kappa shape index (κ2) is 8.03. The van der Waals surface area contributed by atoms with E-state index in [9.17, 15) is 0 Å². The van der Waals surface area contributed by atoms with Gasteiger partial charge in [0.05, 0.1) is 11.4 Å². The molecule has 4 heteroatoms. The molecule has 0 saturated carbocycles. The zero-order valence-electron chi connectivity index (χ0n) is 13.0. The Morgan fingerprint density at radius 2 is 1.90 bits per heavy atom. The van der Waals surface area contributed by atoms with E-state index in [1.54, 1.807) is 0 Å². The van der Waals surface area contributed by atoms with Crippen molar-refractivity contribution in [1.29, 1.82) is 0 Å². The van der Waals surface area contributed by atoms with Gasteiger partial charge in [-0.15, -0.1) is 0 Å². The van der Waals surface area contributed by atoms with Crippen molar-refractivity contribution in [2.75, 3.05) is 11.9 Å². The molecule has 21 heavy (non-hydrogen) atoms. The van der Waals surface area contributed by atoms with Crippen LogP contribution in [0, 0.1) is 0 Å². The summed E-state index contributed by atoms with van der Waals surface area (Å²) in [6.07, 6.45) is 1.17. The van der Waals surface area contributed by atoms with Gasteiger partial charge in [-0.1, -0.05) is 44.2 Å². The molecule has 1 aromatic heterocycles. The first-order valence-corrected chi connectivity index (χ1v) is 8.56. The van der Waals surface area contributed by atoms with Crippen LogP contribution < -0.4 is 5.32 Å². The summed E-state index contributed by atoms with van der Waals surface area (Å²) in [6.45, 7) is 7.40. The minimum atomic E-state index is 0.636. The third kappa shape index (κ3) is 4.74. The van der Waals surface area contributed by atoms with Gasteiger partial charge in [0.15, 0.2) is 0 Å². The molecule has 0 amide bonds. The first-order chi connectivity index (χ1) is 10.2. The first-order valence-electron chi connectivity index (χ1n) is 7.51. The van der Waals surface area contributed by atoms with Gasteiger partial charge in [0.2, 0.25) is 0 Å². The zero-order valence-corrected chi connectivity index (χ0v) is 13.8. The van der Waals surface area contributed by atoms with Gasteiger partial charge in [-0.3, -0.25) is 0 Å². The van der Waals surface area contributed by atoms with Crippen LogP contribution in [-0.4, -0.2) is 21.8 Å². The zero-order chi connectivity index (χ0) is 15.1. The lowest BCUT2D eigenvalue weighted by atomic mass is 10.1. The summed E-state index contributed by atoms with van der Waals surface area (Å²) in [4.78, 5) is 9.33. The Kier molecular flexibility index (Phi) is 6.05. The molecule has 112 valence electrons. The number of aromatic nitrogens is 2. The highest BCUT2D eigenvalue weighted by Crippen LogP contribution is 2.23. The molecular formula is C17H23N3S. The summed E-state index contributed by atoms with van der Waals surface area (Å²) in [6, 6.07) is 12.3. The van der Waals surface area contributed by atoms with E-state index in [2.05, 4.69) is 43.2 Å². The van der Waals surface area contributed by atoms with Crippen molar-refractivity contribution in [3.63, 3.8) is 0 Å². The average Bonchev–Trinajstić information content (AvgIpc) is 2.53. The van der Waals surface area contributed by atoms with Crippen LogP contribution in [0.1, 0.15) is 33.0 Å². The van der Waals surface area contributed by atoms with Crippen molar-refractivity contribution in [2.45, 2.75) is 38.2 Å². The van der Waals surface area contributed by atoms with Gasteiger partial charge in [-0.25, -0.2) is 9.97 Å². The van der Waals surface area contributed by atoms with E-state index in [0.29, 0.717) is 5.25 Å². The Bertz CT molecular complexity index is 557. The first kappa shape index (κ1) is 15.8. The average molecular weight is 301 g/mol. The fourth-order valence-electron chi connectivity index (χ4n) is 1.92. The lowest BCUT2D eigenvalue weighted by Crippen LogP contribution is -2.05. The lowest BCUT2D eigenvalue weighted by molar-refractivity contribution is 0.901. The number of anilines is 1. The van der Waals surface area contributed by atoms with E-state index in [0.717, 1.165) is 35.2 Å². The largest absolute Gasteiger partial charge is 0.370 e. The molecule has 0 aliphatic carbocycles. The van der Waals surface area contributed by atoms with Crippen molar-refractivity contribution < 1.29 is 0 Å². The molecule has 3 nitrogen and oxygen atoms in total. The van der Waals surface area contributed by atoms with E-state index in [1.165, 1.54) is 6.42 Å². The highest BCUT2D eigenvalue weighted by Gasteiger charge is 2.08. The van der Waals surface area contributed by atoms with Crippen LogP contribution in [-0.2, 0) is 5.75 Å². The Labute approximate surface area is 131 Å². The molecule has 1 aromatic carbocycles. The normalized spacial score (nSPS) is 12.1. The second-order valence-corrected chi connectivity index (χ2v) is 6.41. The molecule has 0 radical (unpaired) electrons.